The highest BCUT2D eigenvalue weighted by molar-refractivity contribution is 7.89. The lowest BCUT2D eigenvalue weighted by molar-refractivity contribution is -0.120. The van der Waals surface area contributed by atoms with E-state index < -0.39 is 26.0 Å². The van der Waals surface area contributed by atoms with Crippen molar-refractivity contribution in [1.82, 2.24) is 8.61 Å². The standard InChI is InChI=1S/C25H33N3O5S2/c29-25(26-23-12-14-24(15-13-23)35(32,33)27-16-4-5-17-27)22-11-6-18-28(20-22)34(30,31)19-7-10-21-8-2-1-3-9-21/h1-3,8-9,12-15,22H,4-7,10-11,16-20H2,(H,26,29). The number of piperidine rings is 1. The Labute approximate surface area is 208 Å². The summed E-state index contributed by atoms with van der Waals surface area (Å²) in [6.45, 7) is 1.67. The van der Waals surface area contributed by atoms with Crippen LogP contribution in [-0.4, -0.2) is 63.3 Å². The predicted octanol–water partition coefficient (Wildman–Crippen LogP) is 3.08. The smallest absolute Gasteiger partial charge is 0.243 e. The second kappa shape index (κ2) is 11.2. The normalized spacial score (nSPS) is 20.1. The molecule has 10 heteroatoms. The van der Waals surface area contributed by atoms with Crippen molar-refractivity contribution in [2.75, 3.05) is 37.2 Å². The van der Waals surface area contributed by atoms with E-state index in [1.165, 1.54) is 20.7 Å². The van der Waals surface area contributed by atoms with Gasteiger partial charge < -0.3 is 5.32 Å². The average molecular weight is 520 g/mol. The van der Waals surface area contributed by atoms with E-state index in [0.29, 0.717) is 51.0 Å². The Morgan fingerprint density at radius 2 is 1.51 bits per heavy atom. The van der Waals surface area contributed by atoms with Crippen molar-refractivity contribution in [2.24, 2.45) is 5.92 Å². The fourth-order valence-electron chi connectivity index (χ4n) is 4.67. The maximum Gasteiger partial charge on any atom is 0.243 e. The number of sulfonamides is 2. The van der Waals surface area contributed by atoms with Crippen LogP contribution in [0.3, 0.4) is 0 Å². The molecular formula is C25H33N3O5S2. The van der Waals surface area contributed by atoms with Gasteiger partial charge in [0.15, 0.2) is 0 Å². The summed E-state index contributed by atoms with van der Waals surface area (Å²) in [6, 6.07) is 16.0. The minimum atomic E-state index is -3.51. The lowest BCUT2D eigenvalue weighted by Crippen LogP contribution is -2.44. The molecule has 0 spiro atoms. The van der Waals surface area contributed by atoms with Crippen LogP contribution >= 0.6 is 0 Å². The van der Waals surface area contributed by atoms with E-state index in [-0.39, 0.29) is 23.1 Å². The second-order valence-electron chi connectivity index (χ2n) is 9.23. The third-order valence-corrected chi connectivity index (χ3v) is 10.5. The van der Waals surface area contributed by atoms with Crippen LogP contribution in [-0.2, 0) is 31.3 Å². The van der Waals surface area contributed by atoms with Gasteiger partial charge in [-0.25, -0.2) is 21.1 Å². The van der Waals surface area contributed by atoms with Gasteiger partial charge in [-0.3, -0.25) is 4.79 Å². The summed E-state index contributed by atoms with van der Waals surface area (Å²) in [4.78, 5) is 13.1. The van der Waals surface area contributed by atoms with E-state index in [4.69, 9.17) is 0 Å². The Balaban J connectivity index is 1.31. The summed E-state index contributed by atoms with van der Waals surface area (Å²) >= 11 is 0. The predicted molar refractivity (Wildman–Crippen MR) is 136 cm³/mol. The minimum Gasteiger partial charge on any atom is -0.326 e. The van der Waals surface area contributed by atoms with Crippen LogP contribution in [0.4, 0.5) is 5.69 Å². The third kappa shape index (κ3) is 6.49. The molecule has 2 saturated heterocycles. The summed E-state index contributed by atoms with van der Waals surface area (Å²) in [6.07, 6.45) is 4.21. The highest BCUT2D eigenvalue weighted by Gasteiger charge is 2.32. The second-order valence-corrected chi connectivity index (χ2v) is 13.3. The number of carbonyl (C=O) groups excluding carboxylic acids is 1. The topological polar surface area (TPSA) is 104 Å². The number of nitrogens with one attached hydrogen (secondary N) is 1. The number of hydrogen-bond donors (Lipinski definition) is 1. The van der Waals surface area contributed by atoms with Gasteiger partial charge in [0.05, 0.1) is 16.6 Å². The number of nitrogens with zero attached hydrogens (tertiary/aromatic N) is 2. The van der Waals surface area contributed by atoms with Crippen molar-refractivity contribution in [3.63, 3.8) is 0 Å². The lowest BCUT2D eigenvalue weighted by atomic mass is 9.99. The van der Waals surface area contributed by atoms with Crippen molar-refractivity contribution in [3.8, 4) is 0 Å². The van der Waals surface area contributed by atoms with Gasteiger partial charge in [0.1, 0.15) is 0 Å². The van der Waals surface area contributed by atoms with Crippen molar-refractivity contribution >= 4 is 31.6 Å². The molecule has 1 unspecified atom stereocenters. The zero-order chi connectivity index (χ0) is 24.9. The van der Waals surface area contributed by atoms with Crippen molar-refractivity contribution < 1.29 is 21.6 Å². The SMILES string of the molecule is O=C(Nc1ccc(S(=O)(=O)N2CCCC2)cc1)C1CCCN(S(=O)(=O)CCCc2ccccc2)C1. The van der Waals surface area contributed by atoms with Crippen LogP contribution in [0.25, 0.3) is 0 Å². The van der Waals surface area contributed by atoms with E-state index in [1.807, 2.05) is 30.3 Å². The lowest BCUT2D eigenvalue weighted by Gasteiger charge is -2.31. The van der Waals surface area contributed by atoms with Crippen LogP contribution in [0, 0.1) is 5.92 Å². The molecule has 2 heterocycles. The highest BCUT2D eigenvalue weighted by Crippen LogP contribution is 2.24. The fraction of sp³-hybridized carbons (Fsp3) is 0.480. The van der Waals surface area contributed by atoms with Crippen LogP contribution in [0.1, 0.15) is 37.7 Å². The first-order chi connectivity index (χ1) is 16.8. The van der Waals surface area contributed by atoms with Crippen LogP contribution in [0.2, 0.25) is 0 Å². The summed E-state index contributed by atoms with van der Waals surface area (Å²) < 4.78 is 54.0. The Kier molecular flexibility index (Phi) is 8.26. The van der Waals surface area contributed by atoms with Crippen LogP contribution < -0.4 is 5.32 Å². The molecule has 190 valence electrons. The number of rotatable bonds is 9. The molecule has 0 radical (unpaired) electrons. The minimum absolute atomic E-state index is 0.0587. The van der Waals surface area contributed by atoms with Gasteiger partial charge >= 0.3 is 0 Å². The molecule has 0 bridgehead atoms. The Hall–Kier alpha value is -2.27. The van der Waals surface area contributed by atoms with Crippen molar-refractivity contribution in [2.45, 2.75) is 43.4 Å². The zero-order valence-corrected chi connectivity index (χ0v) is 21.4. The summed E-state index contributed by atoms with van der Waals surface area (Å²) in [5.41, 5.74) is 1.61. The Bertz CT molecular complexity index is 1210. The van der Waals surface area contributed by atoms with E-state index in [0.717, 1.165) is 18.4 Å². The molecule has 2 aliphatic heterocycles. The maximum absolute atomic E-state index is 12.9. The van der Waals surface area contributed by atoms with Crippen LogP contribution in [0.5, 0.6) is 0 Å². The van der Waals surface area contributed by atoms with Gasteiger partial charge in [-0.05, 0) is 68.4 Å². The molecular weight excluding hydrogens is 486 g/mol. The largest absolute Gasteiger partial charge is 0.326 e. The van der Waals surface area contributed by atoms with E-state index in [1.54, 1.807) is 12.1 Å². The van der Waals surface area contributed by atoms with Gasteiger partial charge in [-0.15, -0.1) is 0 Å². The first-order valence-electron chi connectivity index (χ1n) is 12.2. The molecule has 35 heavy (non-hydrogen) atoms. The van der Waals surface area contributed by atoms with Gasteiger partial charge in [-0.2, -0.15) is 4.31 Å². The van der Waals surface area contributed by atoms with Crippen LogP contribution in [0.15, 0.2) is 59.5 Å². The number of amides is 1. The molecule has 0 aliphatic carbocycles. The highest BCUT2D eigenvalue weighted by atomic mass is 32.2. The van der Waals surface area contributed by atoms with Gasteiger partial charge in [0.25, 0.3) is 0 Å². The number of anilines is 1. The molecule has 1 atom stereocenters. The molecule has 1 N–H and O–H groups in total. The molecule has 1 amide bonds. The number of carbonyl (C=O) groups is 1. The number of hydrogen-bond acceptors (Lipinski definition) is 5. The molecule has 2 aliphatic rings. The first kappa shape index (κ1) is 25.8. The molecule has 0 aromatic heterocycles. The molecule has 8 nitrogen and oxygen atoms in total. The molecule has 0 saturated carbocycles. The van der Waals surface area contributed by atoms with Crippen molar-refractivity contribution in [3.05, 3.63) is 60.2 Å². The zero-order valence-electron chi connectivity index (χ0n) is 19.8. The summed E-state index contributed by atoms with van der Waals surface area (Å²) in [5, 5.41) is 2.83. The van der Waals surface area contributed by atoms with Gasteiger partial charge in [0.2, 0.25) is 26.0 Å². The fourth-order valence-corrected chi connectivity index (χ4v) is 7.77. The first-order valence-corrected chi connectivity index (χ1v) is 15.2. The molecule has 2 aromatic rings. The van der Waals surface area contributed by atoms with E-state index in [2.05, 4.69) is 5.32 Å². The third-order valence-electron chi connectivity index (χ3n) is 6.68. The summed E-state index contributed by atoms with van der Waals surface area (Å²) in [7, 11) is -6.95. The quantitative estimate of drug-likeness (QED) is 0.548. The van der Waals surface area contributed by atoms with E-state index in [9.17, 15) is 21.6 Å². The Morgan fingerprint density at radius 1 is 0.857 bits per heavy atom. The van der Waals surface area contributed by atoms with E-state index >= 15 is 0 Å². The van der Waals surface area contributed by atoms with Gasteiger partial charge in [0, 0.05) is 31.9 Å². The Morgan fingerprint density at radius 3 is 2.20 bits per heavy atom. The van der Waals surface area contributed by atoms with Gasteiger partial charge in [-0.1, -0.05) is 30.3 Å². The molecule has 2 aromatic carbocycles. The maximum atomic E-state index is 12.9. The monoisotopic (exact) mass is 519 g/mol. The number of benzene rings is 2. The summed E-state index contributed by atoms with van der Waals surface area (Å²) in [5.74, 6) is -0.631. The number of aryl methyl sites for hydroxylation is 1. The van der Waals surface area contributed by atoms with Crippen molar-refractivity contribution in [1.29, 1.82) is 0 Å². The molecule has 2 fully saturated rings. The average Bonchev–Trinajstić information content (AvgIpc) is 3.41. The molecule has 4 rings (SSSR count).